The number of aromatic carboxylic acids is 1. The van der Waals surface area contributed by atoms with Gasteiger partial charge in [-0.05, 0) is 37.3 Å². The third kappa shape index (κ3) is 4.32. The first-order valence-electron chi connectivity index (χ1n) is 7.09. The Hall–Kier alpha value is -2.94. The van der Waals surface area contributed by atoms with E-state index in [4.69, 9.17) is 4.74 Å². The standard InChI is InChI=1S/C16H13BrN2O6/c1-2-25-14-6-3-9(7-13(14)19(23)24)15(20)18-12-5-4-10(17)8-11(12)16(21)22/h3-8H,2H2,1H3,(H,18,20)(H,21,22). The highest BCUT2D eigenvalue weighted by Gasteiger charge is 2.20. The lowest BCUT2D eigenvalue weighted by Gasteiger charge is -2.10. The minimum atomic E-state index is -1.21. The molecule has 130 valence electrons. The number of carbonyl (C=O) groups is 2. The lowest BCUT2D eigenvalue weighted by molar-refractivity contribution is -0.385. The lowest BCUT2D eigenvalue weighted by Crippen LogP contribution is -2.15. The number of anilines is 1. The summed E-state index contributed by atoms with van der Waals surface area (Å²) in [6.07, 6.45) is 0. The Labute approximate surface area is 150 Å². The number of nitro benzene ring substituents is 1. The molecule has 25 heavy (non-hydrogen) atoms. The van der Waals surface area contributed by atoms with E-state index in [0.717, 1.165) is 6.07 Å². The van der Waals surface area contributed by atoms with Gasteiger partial charge in [0, 0.05) is 16.1 Å². The minimum absolute atomic E-state index is 0.00871. The molecular weight excluding hydrogens is 396 g/mol. The molecule has 2 aromatic rings. The highest BCUT2D eigenvalue weighted by atomic mass is 79.9. The summed E-state index contributed by atoms with van der Waals surface area (Å²) < 4.78 is 5.70. The van der Waals surface area contributed by atoms with E-state index in [1.54, 1.807) is 13.0 Å². The molecule has 0 saturated heterocycles. The van der Waals surface area contributed by atoms with Crippen LogP contribution in [0, 0.1) is 10.1 Å². The summed E-state index contributed by atoms with van der Waals surface area (Å²) in [5, 5.41) is 22.8. The van der Waals surface area contributed by atoms with Gasteiger partial charge in [-0.3, -0.25) is 14.9 Å². The molecule has 0 radical (unpaired) electrons. The van der Waals surface area contributed by atoms with E-state index in [2.05, 4.69) is 21.2 Å². The second kappa shape index (κ2) is 7.75. The number of carboxylic acid groups (broad SMARTS) is 1. The Morgan fingerprint density at radius 2 is 2.00 bits per heavy atom. The van der Waals surface area contributed by atoms with Crippen molar-refractivity contribution in [2.45, 2.75) is 6.92 Å². The molecule has 0 atom stereocenters. The van der Waals surface area contributed by atoms with Gasteiger partial charge in [-0.25, -0.2) is 4.79 Å². The number of carboxylic acids is 1. The van der Waals surface area contributed by atoms with E-state index in [-0.39, 0.29) is 34.9 Å². The predicted octanol–water partition coefficient (Wildman–Crippen LogP) is 3.71. The molecule has 0 spiro atoms. The zero-order chi connectivity index (χ0) is 18.6. The normalized spacial score (nSPS) is 10.2. The van der Waals surface area contributed by atoms with E-state index in [1.165, 1.54) is 24.3 Å². The van der Waals surface area contributed by atoms with Crippen LogP contribution in [0.2, 0.25) is 0 Å². The molecule has 0 aromatic heterocycles. The number of nitrogens with one attached hydrogen (secondary N) is 1. The number of hydrogen-bond donors (Lipinski definition) is 2. The van der Waals surface area contributed by atoms with Crippen LogP contribution in [0.4, 0.5) is 11.4 Å². The highest BCUT2D eigenvalue weighted by Crippen LogP contribution is 2.29. The number of amides is 1. The molecular formula is C16H13BrN2O6. The number of rotatable bonds is 6. The fraction of sp³-hybridized carbons (Fsp3) is 0.125. The van der Waals surface area contributed by atoms with Gasteiger partial charge in [-0.2, -0.15) is 0 Å². The molecule has 0 bridgehead atoms. The summed E-state index contributed by atoms with van der Waals surface area (Å²) in [5.41, 5.74) is -0.362. The number of hydrogen-bond acceptors (Lipinski definition) is 5. The summed E-state index contributed by atoms with van der Waals surface area (Å²) in [6, 6.07) is 8.12. The Kier molecular flexibility index (Phi) is 5.71. The molecule has 0 saturated carbocycles. The fourth-order valence-corrected chi connectivity index (χ4v) is 2.44. The van der Waals surface area contributed by atoms with Crippen molar-refractivity contribution >= 4 is 39.2 Å². The maximum atomic E-state index is 12.3. The number of halogens is 1. The van der Waals surface area contributed by atoms with Gasteiger partial charge in [0.1, 0.15) is 0 Å². The van der Waals surface area contributed by atoms with Crippen molar-refractivity contribution < 1.29 is 24.4 Å². The molecule has 0 aliphatic rings. The molecule has 0 fully saturated rings. The molecule has 2 N–H and O–H groups in total. The van der Waals surface area contributed by atoms with Gasteiger partial charge >= 0.3 is 11.7 Å². The summed E-state index contributed by atoms with van der Waals surface area (Å²) in [5.74, 6) is -1.83. The molecule has 0 aliphatic heterocycles. The van der Waals surface area contributed by atoms with Gasteiger partial charge < -0.3 is 15.2 Å². The Balaban J connectivity index is 2.35. The Bertz CT molecular complexity index is 853. The van der Waals surface area contributed by atoms with Crippen LogP contribution in [0.1, 0.15) is 27.6 Å². The third-order valence-electron chi connectivity index (χ3n) is 3.18. The summed E-state index contributed by atoms with van der Waals surface area (Å²) in [4.78, 5) is 34.1. The fourth-order valence-electron chi connectivity index (χ4n) is 2.08. The van der Waals surface area contributed by atoms with Crippen molar-refractivity contribution in [3.63, 3.8) is 0 Å². The summed E-state index contributed by atoms with van der Waals surface area (Å²) >= 11 is 3.16. The van der Waals surface area contributed by atoms with Crippen molar-refractivity contribution in [3.8, 4) is 5.75 Å². The molecule has 0 heterocycles. The second-order valence-electron chi connectivity index (χ2n) is 4.82. The van der Waals surface area contributed by atoms with E-state index < -0.39 is 16.8 Å². The zero-order valence-corrected chi connectivity index (χ0v) is 14.6. The van der Waals surface area contributed by atoms with Crippen LogP contribution in [-0.4, -0.2) is 28.5 Å². The molecule has 0 unspecified atom stereocenters. The van der Waals surface area contributed by atoms with Crippen LogP contribution < -0.4 is 10.1 Å². The quantitative estimate of drug-likeness (QED) is 0.555. The minimum Gasteiger partial charge on any atom is -0.487 e. The monoisotopic (exact) mass is 408 g/mol. The predicted molar refractivity (Wildman–Crippen MR) is 93.3 cm³/mol. The van der Waals surface area contributed by atoms with Crippen molar-refractivity contribution in [2.75, 3.05) is 11.9 Å². The van der Waals surface area contributed by atoms with Crippen LogP contribution in [-0.2, 0) is 0 Å². The van der Waals surface area contributed by atoms with E-state index >= 15 is 0 Å². The first-order valence-corrected chi connectivity index (χ1v) is 7.88. The van der Waals surface area contributed by atoms with Crippen molar-refractivity contribution in [1.29, 1.82) is 0 Å². The van der Waals surface area contributed by atoms with E-state index in [9.17, 15) is 24.8 Å². The van der Waals surface area contributed by atoms with Crippen LogP contribution in [0.5, 0.6) is 5.75 Å². The van der Waals surface area contributed by atoms with Gasteiger partial charge in [-0.15, -0.1) is 0 Å². The van der Waals surface area contributed by atoms with Crippen LogP contribution in [0.25, 0.3) is 0 Å². The number of nitro groups is 1. The molecule has 2 aromatic carbocycles. The van der Waals surface area contributed by atoms with Gasteiger partial charge in [0.2, 0.25) is 0 Å². The average molecular weight is 409 g/mol. The first kappa shape index (κ1) is 18.4. The van der Waals surface area contributed by atoms with Crippen molar-refractivity contribution in [2.24, 2.45) is 0 Å². The lowest BCUT2D eigenvalue weighted by atomic mass is 10.1. The van der Waals surface area contributed by atoms with Crippen molar-refractivity contribution in [1.82, 2.24) is 0 Å². The van der Waals surface area contributed by atoms with Gasteiger partial charge in [-0.1, -0.05) is 15.9 Å². The van der Waals surface area contributed by atoms with Crippen molar-refractivity contribution in [3.05, 3.63) is 62.1 Å². The number of nitrogens with zero attached hydrogens (tertiary/aromatic N) is 1. The highest BCUT2D eigenvalue weighted by molar-refractivity contribution is 9.10. The zero-order valence-electron chi connectivity index (χ0n) is 13.0. The van der Waals surface area contributed by atoms with Gasteiger partial charge in [0.15, 0.2) is 5.75 Å². The van der Waals surface area contributed by atoms with Crippen LogP contribution in [0.15, 0.2) is 40.9 Å². The Morgan fingerprint density at radius 3 is 2.60 bits per heavy atom. The van der Waals surface area contributed by atoms with Gasteiger partial charge in [0.05, 0.1) is 22.8 Å². The maximum absolute atomic E-state index is 12.3. The first-order chi connectivity index (χ1) is 11.8. The van der Waals surface area contributed by atoms with E-state index in [0.29, 0.717) is 4.47 Å². The topological polar surface area (TPSA) is 119 Å². The number of ether oxygens (including phenoxy) is 1. The number of carbonyl (C=O) groups excluding carboxylic acids is 1. The molecule has 8 nitrogen and oxygen atoms in total. The molecule has 9 heteroatoms. The smallest absolute Gasteiger partial charge is 0.337 e. The Morgan fingerprint density at radius 1 is 1.28 bits per heavy atom. The van der Waals surface area contributed by atoms with Crippen LogP contribution in [0.3, 0.4) is 0 Å². The molecule has 1 amide bonds. The largest absolute Gasteiger partial charge is 0.487 e. The van der Waals surface area contributed by atoms with Crippen LogP contribution >= 0.6 is 15.9 Å². The second-order valence-corrected chi connectivity index (χ2v) is 5.74. The summed E-state index contributed by atoms with van der Waals surface area (Å²) in [7, 11) is 0. The summed E-state index contributed by atoms with van der Waals surface area (Å²) in [6.45, 7) is 1.93. The average Bonchev–Trinajstić information content (AvgIpc) is 2.56. The number of benzene rings is 2. The molecule has 0 aliphatic carbocycles. The third-order valence-corrected chi connectivity index (χ3v) is 3.67. The maximum Gasteiger partial charge on any atom is 0.337 e. The molecule has 2 rings (SSSR count). The SMILES string of the molecule is CCOc1ccc(C(=O)Nc2ccc(Br)cc2C(=O)O)cc1[N+](=O)[O-]. The van der Waals surface area contributed by atoms with E-state index in [1.807, 2.05) is 0 Å². The van der Waals surface area contributed by atoms with Gasteiger partial charge in [0.25, 0.3) is 5.91 Å².